The highest BCUT2D eigenvalue weighted by Gasteiger charge is 2.09. The molecule has 24 heavy (non-hydrogen) atoms. The summed E-state index contributed by atoms with van der Waals surface area (Å²) in [6.45, 7) is 2.83. The number of fused-ring (bicyclic) bond motifs is 1. The molecule has 0 atom stereocenters. The van der Waals surface area contributed by atoms with Crippen LogP contribution < -0.4 is 5.32 Å². The van der Waals surface area contributed by atoms with E-state index in [1.54, 1.807) is 6.33 Å². The van der Waals surface area contributed by atoms with Gasteiger partial charge >= 0.3 is 0 Å². The van der Waals surface area contributed by atoms with E-state index in [1.165, 1.54) is 9.13 Å². The lowest BCUT2D eigenvalue weighted by molar-refractivity contribution is 0.828. The second kappa shape index (κ2) is 8.11. The first kappa shape index (κ1) is 16.7. The van der Waals surface area contributed by atoms with E-state index in [1.807, 2.05) is 6.07 Å². The normalized spacial score (nSPS) is 10.4. The van der Waals surface area contributed by atoms with Crippen LogP contribution in [0.5, 0.6) is 0 Å². The first-order valence-corrected chi connectivity index (χ1v) is 9.02. The van der Waals surface area contributed by atoms with Gasteiger partial charge in [-0.05, 0) is 52.6 Å². The van der Waals surface area contributed by atoms with Gasteiger partial charge in [0, 0.05) is 16.5 Å². The van der Waals surface area contributed by atoms with E-state index in [9.17, 15) is 0 Å². The standard InChI is InChI=1S/C18H18IN5/c1-2-3-4-5-9-15-23-17(16-18(24-15)22-12-21-16)20-11-13-7-6-8-14(19)10-13/h6-8,10,12H,2-4,11H2,1H3,(H2,20,21,22,23,24). The molecule has 0 aliphatic heterocycles. The van der Waals surface area contributed by atoms with E-state index in [0.29, 0.717) is 23.8 Å². The Labute approximate surface area is 154 Å². The third-order valence-electron chi connectivity index (χ3n) is 3.48. The topological polar surface area (TPSA) is 66.5 Å². The van der Waals surface area contributed by atoms with Gasteiger partial charge in [0.25, 0.3) is 0 Å². The summed E-state index contributed by atoms with van der Waals surface area (Å²) in [7, 11) is 0. The number of imidazole rings is 1. The summed E-state index contributed by atoms with van der Waals surface area (Å²) >= 11 is 2.31. The molecule has 2 heterocycles. The number of rotatable bonds is 5. The Morgan fingerprint density at radius 2 is 2.21 bits per heavy atom. The lowest BCUT2D eigenvalue weighted by atomic mass is 10.2. The number of anilines is 1. The van der Waals surface area contributed by atoms with Crippen LogP contribution in [0.2, 0.25) is 0 Å². The summed E-state index contributed by atoms with van der Waals surface area (Å²) in [6, 6.07) is 8.35. The summed E-state index contributed by atoms with van der Waals surface area (Å²) in [5.74, 6) is 7.41. The van der Waals surface area contributed by atoms with E-state index in [0.717, 1.165) is 24.8 Å². The number of halogens is 1. The minimum atomic E-state index is 0.521. The van der Waals surface area contributed by atoms with Gasteiger partial charge in [0.15, 0.2) is 11.5 Å². The van der Waals surface area contributed by atoms with Crippen LogP contribution in [0.4, 0.5) is 5.82 Å². The molecule has 6 heteroatoms. The number of unbranched alkanes of at least 4 members (excludes halogenated alkanes) is 2. The molecule has 0 aliphatic carbocycles. The summed E-state index contributed by atoms with van der Waals surface area (Å²) < 4.78 is 1.21. The Kier molecular flexibility index (Phi) is 5.64. The molecule has 0 spiro atoms. The lowest BCUT2D eigenvalue weighted by Gasteiger charge is -2.07. The maximum atomic E-state index is 4.53. The molecular weight excluding hydrogens is 413 g/mol. The van der Waals surface area contributed by atoms with Crippen molar-refractivity contribution >= 4 is 39.6 Å². The van der Waals surface area contributed by atoms with E-state index in [2.05, 4.69) is 84.8 Å². The van der Waals surface area contributed by atoms with Crippen molar-refractivity contribution in [3.8, 4) is 11.8 Å². The van der Waals surface area contributed by atoms with Crippen molar-refractivity contribution in [3.05, 3.63) is 45.6 Å². The number of H-pyrrole nitrogens is 1. The van der Waals surface area contributed by atoms with Crippen LogP contribution in [0, 0.1) is 15.4 Å². The number of hydrogen-bond acceptors (Lipinski definition) is 4. The van der Waals surface area contributed by atoms with Crippen LogP contribution in [0.3, 0.4) is 0 Å². The smallest absolute Gasteiger partial charge is 0.208 e. The van der Waals surface area contributed by atoms with Gasteiger partial charge in [0.05, 0.1) is 6.33 Å². The summed E-state index contributed by atoms with van der Waals surface area (Å²) in [5, 5.41) is 3.35. The number of aromatic nitrogens is 4. The molecule has 0 saturated carbocycles. The lowest BCUT2D eigenvalue weighted by Crippen LogP contribution is -2.04. The van der Waals surface area contributed by atoms with Crippen LogP contribution in [-0.2, 0) is 6.54 Å². The van der Waals surface area contributed by atoms with Crippen LogP contribution in [0.25, 0.3) is 11.2 Å². The molecular formula is C18H18IN5. The first-order valence-electron chi connectivity index (χ1n) is 7.94. The Balaban J connectivity index is 1.82. The second-order valence-corrected chi connectivity index (χ2v) is 6.63. The maximum absolute atomic E-state index is 4.53. The van der Waals surface area contributed by atoms with Gasteiger partial charge in [-0.15, -0.1) is 0 Å². The Morgan fingerprint density at radius 1 is 1.29 bits per heavy atom. The monoisotopic (exact) mass is 431 g/mol. The first-order chi connectivity index (χ1) is 11.8. The predicted molar refractivity (Wildman–Crippen MR) is 105 cm³/mol. The zero-order chi connectivity index (χ0) is 16.8. The summed E-state index contributed by atoms with van der Waals surface area (Å²) in [5.41, 5.74) is 2.63. The highest BCUT2D eigenvalue weighted by Crippen LogP contribution is 2.17. The van der Waals surface area contributed by atoms with Crippen molar-refractivity contribution in [3.63, 3.8) is 0 Å². The zero-order valence-electron chi connectivity index (χ0n) is 13.4. The van der Waals surface area contributed by atoms with Gasteiger partial charge in [0.2, 0.25) is 5.82 Å². The molecule has 3 rings (SSSR count). The predicted octanol–water partition coefficient (Wildman–Crippen LogP) is 4.11. The largest absolute Gasteiger partial charge is 0.364 e. The summed E-state index contributed by atoms with van der Waals surface area (Å²) in [6.07, 6.45) is 4.73. The van der Waals surface area contributed by atoms with Gasteiger partial charge in [-0.1, -0.05) is 31.4 Å². The third kappa shape index (κ3) is 4.23. The molecule has 2 N–H and O–H groups in total. The SMILES string of the molecule is CCCCC#Cc1nc(NCc2cccc(I)c2)c2nc[nH]c2n1. The number of hydrogen-bond donors (Lipinski definition) is 2. The molecule has 5 nitrogen and oxygen atoms in total. The molecule has 0 aliphatic rings. The van der Waals surface area contributed by atoms with Gasteiger partial charge in [-0.2, -0.15) is 0 Å². The fourth-order valence-corrected chi connectivity index (χ4v) is 2.86. The molecule has 1 aromatic carbocycles. The molecule has 0 amide bonds. The molecule has 0 fully saturated rings. The highest BCUT2D eigenvalue weighted by atomic mass is 127. The van der Waals surface area contributed by atoms with E-state index in [4.69, 9.17) is 0 Å². The Morgan fingerprint density at radius 3 is 3.04 bits per heavy atom. The van der Waals surface area contributed by atoms with Crippen molar-refractivity contribution < 1.29 is 0 Å². The van der Waals surface area contributed by atoms with Gasteiger partial charge < -0.3 is 10.3 Å². The fourth-order valence-electron chi connectivity index (χ4n) is 2.25. The van der Waals surface area contributed by atoms with Gasteiger partial charge in [-0.3, -0.25) is 0 Å². The van der Waals surface area contributed by atoms with Crippen molar-refractivity contribution in [1.82, 2.24) is 19.9 Å². The molecule has 122 valence electrons. The van der Waals surface area contributed by atoms with Crippen LogP contribution in [0.15, 0.2) is 30.6 Å². The highest BCUT2D eigenvalue weighted by molar-refractivity contribution is 14.1. The fraction of sp³-hybridized carbons (Fsp3) is 0.278. The second-order valence-electron chi connectivity index (χ2n) is 5.38. The maximum Gasteiger partial charge on any atom is 0.208 e. The number of benzene rings is 1. The quantitative estimate of drug-likeness (QED) is 0.363. The minimum Gasteiger partial charge on any atom is -0.364 e. The Bertz CT molecular complexity index is 891. The molecule has 2 aromatic heterocycles. The molecule has 3 aromatic rings. The zero-order valence-corrected chi connectivity index (χ0v) is 15.6. The number of nitrogens with one attached hydrogen (secondary N) is 2. The van der Waals surface area contributed by atoms with Crippen molar-refractivity contribution in [2.45, 2.75) is 32.7 Å². The summed E-state index contributed by atoms with van der Waals surface area (Å²) in [4.78, 5) is 16.3. The average molecular weight is 431 g/mol. The molecule has 0 unspecified atom stereocenters. The molecule has 0 saturated heterocycles. The van der Waals surface area contributed by atoms with E-state index in [-0.39, 0.29) is 0 Å². The van der Waals surface area contributed by atoms with Gasteiger partial charge in [-0.25, -0.2) is 15.0 Å². The van der Waals surface area contributed by atoms with Gasteiger partial charge in [0.1, 0.15) is 5.52 Å². The molecule has 0 radical (unpaired) electrons. The Hall–Kier alpha value is -2.14. The van der Waals surface area contributed by atoms with Crippen molar-refractivity contribution in [2.75, 3.05) is 5.32 Å². The van der Waals surface area contributed by atoms with E-state index >= 15 is 0 Å². The minimum absolute atomic E-state index is 0.521. The number of nitrogens with zero attached hydrogens (tertiary/aromatic N) is 3. The van der Waals surface area contributed by atoms with Crippen LogP contribution in [-0.4, -0.2) is 19.9 Å². The van der Waals surface area contributed by atoms with E-state index < -0.39 is 0 Å². The average Bonchev–Trinajstić information content (AvgIpc) is 3.05. The van der Waals surface area contributed by atoms with Crippen LogP contribution in [0.1, 0.15) is 37.6 Å². The third-order valence-corrected chi connectivity index (χ3v) is 4.15. The molecule has 0 bridgehead atoms. The van der Waals surface area contributed by atoms with Crippen molar-refractivity contribution in [2.24, 2.45) is 0 Å². The van der Waals surface area contributed by atoms with Crippen LogP contribution >= 0.6 is 22.6 Å². The number of aromatic amines is 1. The van der Waals surface area contributed by atoms with Crippen molar-refractivity contribution in [1.29, 1.82) is 0 Å².